The van der Waals surface area contributed by atoms with Gasteiger partial charge in [0.05, 0.1) is 6.20 Å². The van der Waals surface area contributed by atoms with Crippen molar-refractivity contribution in [1.29, 1.82) is 0 Å². The number of azo groups is 1. The summed E-state index contributed by atoms with van der Waals surface area (Å²) in [5.41, 5.74) is 4.19. The highest BCUT2D eigenvalue weighted by molar-refractivity contribution is 7.90. The Labute approximate surface area is 162 Å². The molecule has 3 heterocycles. The lowest BCUT2D eigenvalue weighted by atomic mass is 10.3. The Morgan fingerprint density at radius 2 is 1.97 bits per heavy atom. The molecule has 5 N–H and O–H groups in total. The standard InChI is InChI=1S/C13H15N11O4S/c1-15-29(27,28)22-10-8(12(26)23(2)21-10)19-20-11-7(9(14)25)6-18-24(11)13-16-4-3-5-17-13/h3-6,15,21-22H,1-2H3,(H2,14,25). The third-order valence-electron chi connectivity index (χ3n) is 3.52. The predicted molar refractivity (Wildman–Crippen MR) is 99.5 cm³/mol. The van der Waals surface area contributed by atoms with Gasteiger partial charge in [0.25, 0.3) is 27.6 Å². The minimum atomic E-state index is -3.94. The zero-order chi connectivity index (χ0) is 21.2. The van der Waals surface area contributed by atoms with E-state index in [9.17, 15) is 18.0 Å². The minimum Gasteiger partial charge on any atom is -0.365 e. The molecule has 0 bridgehead atoms. The molecule has 0 saturated carbocycles. The number of amides is 1. The molecule has 0 saturated heterocycles. The van der Waals surface area contributed by atoms with Gasteiger partial charge in [-0.2, -0.15) is 18.2 Å². The van der Waals surface area contributed by atoms with E-state index in [0.717, 1.165) is 15.6 Å². The Morgan fingerprint density at radius 1 is 1.28 bits per heavy atom. The van der Waals surface area contributed by atoms with Gasteiger partial charge in [-0.1, -0.05) is 0 Å². The van der Waals surface area contributed by atoms with Gasteiger partial charge in [-0.25, -0.2) is 14.7 Å². The third kappa shape index (κ3) is 4.01. The van der Waals surface area contributed by atoms with E-state index < -0.39 is 21.7 Å². The number of hydrogen-bond donors (Lipinski definition) is 4. The van der Waals surface area contributed by atoms with Crippen molar-refractivity contribution in [3.63, 3.8) is 0 Å². The summed E-state index contributed by atoms with van der Waals surface area (Å²) in [7, 11) is -1.40. The summed E-state index contributed by atoms with van der Waals surface area (Å²) in [6, 6.07) is 1.58. The number of aryl methyl sites for hydroxylation is 1. The van der Waals surface area contributed by atoms with E-state index in [-0.39, 0.29) is 28.8 Å². The van der Waals surface area contributed by atoms with E-state index in [1.54, 1.807) is 6.07 Å². The number of hydrogen-bond acceptors (Lipinski definition) is 9. The molecule has 3 aromatic heterocycles. The van der Waals surface area contributed by atoms with Crippen molar-refractivity contribution in [1.82, 2.24) is 34.3 Å². The van der Waals surface area contributed by atoms with Crippen LogP contribution in [0.15, 0.2) is 39.7 Å². The summed E-state index contributed by atoms with van der Waals surface area (Å²) < 4.78 is 29.7. The molecule has 1 amide bonds. The summed E-state index contributed by atoms with van der Waals surface area (Å²) in [5, 5.41) is 14.1. The van der Waals surface area contributed by atoms with E-state index in [1.807, 2.05) is 4.72 Å². The fourth-order valence-corrected chi connectivity index (χ4v) is 2.66. The van der Waals surface area contributed by atoms with Gasteiger partial charge in [0, 0.05) is 26.5 Å². The first kappa shape index (κ1) is 19.8. The molecular weight excluding hydrogens is 406 g/mol. The average molecular weight is 421 g/mol. The van der Waals surface area contributed by atoms with Crippen molar-refractivity contribution in [3.8, 4) is 5.95 Å². The van der Waals surface area contributed by atoms with Crippen LogP contribution in [-0.4, -0.2) is 50.9 Å². The summed E-state index contributed by atoms with van der Waals surface area (Å²) in [5.74, 6) is -1.15. The highest BCUT2D eigenvalue weighted by atomic mass is 32.2. The molecule has 3 rings (SSSR count). The fraction of sp³-hybridized carbons (Fsp3) is 0.154. The van der Waals surface area contributed by atoms with Gasteiger partial charge in [0.2, 0.25) is 0 Å². The van der Waals surface area contributed by atoms with Crippen molar-refractivity contribution in [2.45, 2.75) is 0 Å². The highest BCUT2D eigenvalue weighted by Gasteiger charge is 2.20. The van der Waals surface area contributed by atoms with E-state index in [4.69, 9.17) is 5.73 Å². The molecule has 16 heteroatoms. The zero-order valence-corrected chi connectivity index (χ0v) is 15.9. The van der Waals surface area contributed by atoms with Crippen LogP contribution in [0.5, 0.6) is 0 Å². The molecule has 29 heavy (non-hydrogen) atoms. The molecule has 3 aromatic rings. The number of aromatic nitrogens is 6. The van der Waals surface area contributed by atoms with Gasteiger partial charge < -0.3 is 5.73 Å². The average Bonchev–Trinajstić information content (AvgIpc) is 3.22. The topological polar surface area (TPSA) is 207 Å². The van der Waals surface area contributed by atoms with Gasteiger partial charge >= 0.3 is 0 Å². The molecule has 0 unspecified atom stereocenters. The van der Waals surface area contributed by atoms with Gasteiger partial charge in [-0.05, 0) is 6.07 Å². The quantitative estimate of drug-likeness (QED) is 0.352. The van der Waals surface area contributed by atoms with Gasteiger partial charge in [0.15, 0.2) is 17.3 Å². The first-order chi connectivity index (χ1) is 13.7. The maximum atomic E-state index is 12.3. The number of H-pyrrole nitrogens is 1. The summed E-state index contributed by atoms with van der Waals surface area (Å²) in [6.45, 7) is 0. The Hall–Kier alpha value is -3.92. The Balaban J connectivity index is 2.11. The van der Waals surface area contributed by atoms with Crippen molar-refractivity contribution >= 4 is 33.4 Å². The fourth-order valence-electron chi connectivity index (χ4n) is 2.14. The van der Waals surface area contributed by atoms with Gasteiger partial charge in [-0.3, -0.25) is 24.1 Å². The Morgan fingerprint density at radius 3 is 2.59 bits per heavy atom. The first-order valence-corrected chi connectivity index (χ1v) is 9.29. The van der Waals surface area contributed by atoms with Crippen LogP contribution in [0.25, 0.3) is 5.95 Å². The van der Waals surface area contributed by atoms with E-state index in [2.05, 4.69) is 35.1 Å². The second kappa shape index (κ2) is 7.60. The molecule has 0 spiro atoms. The van der Waals surface area contributed by atoms with Crippen LogP contribution < -0.4 is 20.7 Å². The van der Waals surface area contributed by atoms with Crippen molar-refractivity contribution in [3.05, 3.63) is 40.6 Å². The number of aromatic amines is 1. The number of nitrogens with zero attached hydrogens (tertiary/aromatic N) is 7. The van der Waals surface area contributed by atoms with Crippen molar-refractivity contribution in [2.24, 2.45) is 23.0 Å². The number of carbonyl (C=O) groups excluding carboxylic acids is 1. The van der Waals surface area contributed by atoms with Crippen LogP contribution in [-0.2, 0) is 17.3 Å². The normalized spacial score (nSPS) is 11.8. The van der Waals surface area contributed by atoms with Crippen molar-refractivity contribution in [2.75, 3.05) is 11.8 Å². The number of primary amides is 1. The molecule has 0 aliphatic heterocycles. The maximum absolute atomic E-state index is 12.3. The number of nitrogens with two attached hydrogens (primary N) is 1. The molecule has 15 nitrogen and oxygen atoms in total. The Bertz CT molecular complexity index is 1240. The first-order valence-electron chi connectivity index (χ1n) is 7.80. The van der Waals surface area contributed by atoms with Crippen LogP contribution in [0.4, 0.5) is 17.3 Å². The lowest BCUT2D eigenvalue weighted by molar-refractivity contribution is 0.100. The third-order valence-corrected chi connectivity index (χ3v) is 4.53. The predicted octanol–water partition coefficient (Wildman–Crippen LogP) is -0.920. The maximum Gasteiger partial charge on any atom is 0.300 e. The summed E-state index contributed by atoms with van der Waals surface area (Å²) in [4.78, 5) is 32.0. The van der Waals surface area contributed by atoms with E-state index in [0.29, 0.717) is 0 Å². The molecule has 0 aliphatic carbocycles. The lowest BCUT2D eigenvalue weighted by Gasteiger charge is -2.04. The molecule has 0 aromatic carbocycles. The SMILES string of the molecule is CNS(=O)(=O)Nc1[nH]n(C)c(=O)c1N=Nc1c(C(N)=O)cnn1-c1ncccn1. The molecule has 0 radical (unpaired) electrons. The molecular formula is C13H15N11O4S. The van der Waals surface area contributed by atoms with Crippen LogP contribution in [0.3, 0.4) is 0 Å². The van der Waals surface area contributed by atoms with E-state index in [1.165, 1.54) is 26.5 Å². The van der Waals surface area contributed by atoms with Crippen molar-refractivity contribution < 1.29 is 13.2 Å². The van der Waals surface area contributed by atoms with Crippen LogP contribution in [0.2, 0.25) is 0 Å². The summed E-state index contributed by atoms with van der Waals surface area (Å²) in [6.07, 6.45) is 4.04. The second-order valence-electron chi connectivity index (χ2n) is 5.42. The largest absolute Gasteiger partial charge is 0.365 e. The number of carbonyl (C=O) groups is 1. The monoisotopic (exact) mass is 421 g/mol. The lowest BCUT2D eigenvalue weighted by Crippen LogP contribution is -2.26. The molecule has 0 atom stereocenters. The van der Waals surface area contributed by atoms with Crippen LogP contribution in [0, 0.1) is 0 Å². The molecule has 0 aliphatic rings. The van der Waals surface area contributed by atoms with Crippen LogP contribution >= 0.6 is 0 Å². The highest BCUT2D eigenvalue weighted by Crippen LogP contribution is 2.26. The number of rotatable bonds is 7. The summed E-state index contributed by atoms with van der Waals surface area (Å²) >= 11 is 0. The number of nitrogens with one attached hydrogen (secondary N) is 3. The zero-order valence-electron chi connectivity index (χ0n) is 15.1. The number of anilines is 1. The Kier molecular flexibility index (Phi) is 5.20. The molecule has 152 valence electrons. The van der Waals surface area contributed by atoms with Gasteiger partial charge in [-0.15, -0.1) is 10.2 Å². The van der Waals surface area contributed by atoms with Crippen LogP contribution in [0.1, 0.15) is 10.4 Å². The second-order valence-corrected chi connectivity index (χ2v) is 7.04. The molecule has 0 fully saturated rings. The van der Waals surface area contributed by atoms with E-state index >= 15 is 0 Å². The van der Waals surface area contributed by atoms with Gasteiger partial charge in [0.1, 0.15) is 5.56 Å². The minimum absolute atomic E-state index is 0.0760. The smallest absolute Gasteiger partial charge is 0.300 e.